The fraction of sp³-hybridized carbons (Fsp3) is 0.386. The van der Waals surface area contributed by atoms with Gasteiger partial charge in [0, 0.05) is 55.0 Å². The number of halogens is 2. The van der Waals surface area contributed by atoms with Crippen LogP contribution in [0.4, 0.5) is 30.8 Å². The van der Waals surface area contributed by atoms with Crippen molar-refractivity contribution in [1.82, 2.24) is 25.1 Å². The fourth-order valence-corrected chi connectivity index (χ4v) is 7.36. The summed E-state index contributed by atoms with van der Waals surface area (Å²) >= 11 is 0. The van der Waals surface area contributed by atoms with Crippen molar-refractivity contribution >= 4 is 63.9 Å². The van der Waals surface area contributed by atoms with Gasteiger partial charge in [-0.25, -0.2) is 23.5 Å². The van der Waals surface area contributed by atoms with E-state index in [1.54, 1.807) is 44.2 Å². The van der Waals surface area contributed by atoms with Gasteiger partial charge in [-0.2, -0.15) is 0 Å². The fourth-order valence-electron chi connectivity index (χ4n) is 7.36. The zero-order chi connectivity index (χ0) is 43.1. The maximum Gasteiger partial charge on any atom is 0.420 e. The normalized spacial score (nSPS) is 14.6. The van der Waals surface area contributed by atoms with Crippen LogP contribution in [0.15, 0.2) is 66.7 Å². The van der Waals surface area contributed by atoms with Crippen LogP contribution in [0, 0.1) is 17.6 Å². The van der Waals surface area contributed by atoms with Crippen molar-refractivity contribution < 1.29 is 42.3 Å². The van der Waals surface area contributed by atoms with Crippen LogP contribution in [0.2, 0.25) is 0 Å². The molecule has 4 aromatic rings. The summed E-state index contributed by atoms with van der Waals surface area (Å²) in [6, 6.07) is 11.3. The Morgan fingerprint density at radius 3 is 2.27 bits per heavy atom. The molecule has 0 saturated carbocycles. The summed E-state index contributed by atoms with van der Waals surface area (Å²) in [4.78, 5) is 83.0. The Labute approximate surface area is 346 Å². The molecule has 3 heterocycles. The molecule has 6 rings (SSSR count). The van der Waals surface area contributed by atoms with Gasteiger partial charge in [0.05, 0.1) is 5.69 Å². The Kier molecular flexibility index (Phi) is 13.7. The van der Waals surface area contributed by atoms with E-state index >= 15 is 0 Å². The number of rotatable bonds is 16. The van der Waals surface area contributed by atoms with Gasteiger partial charge in [0.1, 0.15) is 30.2 Å². The Balaban J connectivity index is 1.01. The van der Waals surface area contributed by atoms with Gasteiger partial charge in [-0.05, 0) is 98.9 Å². The molecule has 0 fully saturated rings. The van der Waals surface area contributed by atoms with Gasteiger partial charge in [0.15, 0.2) is 11.6 Å². The van der Waals surface area contributed by atoms with E-state index < -0.39 is 41.6 Å². The molecule has 14 nitrogen and oxygen atoms in total. The third kappa shape index (κ3) is 10.0. The molecule has 2 aliphatic rings. The largest absolute Gasteiger partial charge is 0.444 e. The number of benzene rings is 2. The Hall–Kier alpha value is -6.45. The number of anilines is 3. The molecule has 6 amide bonds. The van der Waals surface area contributed by atoms with Crippen molar-refractivity contribution in [2.75, 3.05) is 16.8 Å². The first-order valence-electron chi connectivity index (χ1n) is 20.1. The van der Waals surface area contributed by atoms with Crippen LogP contribution in [-0.2, 0) is 55.2 Å². The van der Waals surface area contributed by atoms with E-state index in [9.17, 15) is 37.5 Å². The minimum absolute atomic E-state index is 0.0314. The minimum atomic E-state index is -1.13. The number of fused-ring (bicyclic) bond motifs is 3. The Morgan fingerprint density at radius 2 is 1.57 bits per heavy atom. The molecule has 60 heavy (non-hydrogen) atoms. The van der Waals surface area contributed by atoms with Crippen molar-refractivity contribution in [1.29, 1.82) is 0 Å². The number of aryl methyl sites for hydroxylation is 2. The lowest BCUT2D eigenvalue weighted by molar-refractivity contribution is -0.137. The van der Waals surface area contributed by atoms with Gasteiger partial charge in [-0.3, -0.25) is 28.9 Å². The summed E-state index contributed by atoms with van der Waals surface area (Å²) in [5, 5.41) is 9.13. The number of aromatic nitrogens is 2. The zero-order valence-corrected chi connectivity index (χ0v) is 34.1. The van der Waals surface area contributed by atoms with E-state index in [1.165, 1.54) is 36.4 Å². The summed E-state index contributed by atoms with van der Waals surface area (Å²) in [5.74, 6) is -4.35. The number of nitrogens with one attached hydrogen (secondary N) is 3. The molecular formula is C44H49F2N7O7. The number of nitrogens with zero attached hydrogens (tertiary/aromatic N) is 4. The first-order valence-corrected chi connectivity index (χ1v) is 20.1. The quantitative estimate of drug-likeness (QED) is 0.0876. The molecule has 3 N–H and O–H groups in total. The molecule has 2 atom stereocenters. The zero-order valence-electron chi connectivity index (χ0n) is 34.1. The highest BCUT2D eigenvalue weighted by Crippen LogP contribution is 2.34. The minimum Gasteiger partial charge on any atom is -0.444 e. The molecule has 1 aliphatic carbocycles. The van der Waals surface area contributed by atoms with E-state index in [0.717, 1.165) is 53.0 Å². The number of carbonyl (C=O) groups is 6. The van der Waals surface area contributed by atoms with Gasteiger partial charge in [0.2, 0.25) is 17.7 Å². The molecule has 0 saturated heterocycles. The van der Waals surface area contributed by atoms with Gasteiger partial charge in [-0.1, -0.05) is 32.4 Å². The molecule has 0 radical (unpaired) electrons. The third-order valence-electron chi connectivity index (χ3n) is 10.7. The Morgan fingerprint density at radius 1 is 0.850 bits per heavy atom. The number of imide groups is 1. The highest BCUT2D eigenvalue weighted by Gasteiger charge is 2.28. The van der Waals surface area contributed by atoms with Gasteiger partial charge in [-0.15, -0.1) is 0 Å². The maximum absolute atomic E-state index is 14.4. The summed E-state index contributed by atoms with van der Waals surface area (Å²) < 4.78 is 36.1. The molecule has 0 unspecified atom stereocenters. The second kappa shape index (κ2) is 19.1. The summed E-state index contributed by atoms with van der Waals surface area (Å²) in [5.41, 5.74) is 4.10. The molecule has 16 heteroatoms. The summed E-state index contributed by atoms with van der Waals surface area (Å²) in [6.07, 6.45) is 7.40. The van der Waals surface area contributed by atoms with Gasteiger partial charge in [0.25, 0.3) is 11.8 Å². The molecule has 0 bridgehead atoms. The lowest BCUT2D eigenvalue weighted by Gasteiger charge is -2.24. The first kappa shape index (κ1) is 43.1. The maximum atomic E-state index is 14.4. The lowest BCUT2D eigenvalue weighted by Crippen LogP contribution is -2.53. The van der Waals surface area contributed by atoms with Gasteiger partial charge < -0.3 is 25.3 Å². The molecule has 2 aromatic carbocycles. The second-order valence-corrected chi connectivity index (χ2v) is 15.4. The molecule has 2 aromatic heterocycles. The highest BCUT2D eigenvalue weighted by atomic mass is 19.2. The summed E-state index contributed by atoms with van der Waals surface area (Å²) in [7, 11) is 1.93. The van der Waals surface area contributed by atoms with Crippen LogP contribution < -0.4 is 20.9 Å². The standard InChI is InChI=1S/C44H49F2N7O7/c1-26(2)40(50-37(54)12-6-5-9-23-52-38(55)21-22-39(52)56)43(58)47-27(3)42(57)48-29-15-13-28(14-16-29)25-60-44(59)53(30-17-19-33(45)34(46)24-30)36-20-18-32-31-10-7-8-11-35(31)51(4)41(32)49-36/h13-22,24,26-27,40H,5-12,23,25H2,1-4H3,(H,47,58)(H,48,57)(H,50,54)/t27-,40-/m0/s1. The van der Waals surface area contributed by atoms with Crippen LogP contribution in [-0.4, -0.2) is 68.7 Å². The van der Waals surface area contributed by atoms with Crippen LogP contribution in [0.5, 0.6) is 0 Å². The van der Waals surface area contributed by atoms with E-state index in [0.29, 0.717) is 36.2 Å². The second-order valence-electron chi connectivity index (χ2n) is 15.4. The van der Waals surface area contributed by atoms with Crippen molar-refractivity contribution in [2.24, 2.45) is 13.0 Å². The number of hydrogen-bond acceptors (Lipinski definition) is 8. The van der Waals surface area contributed by atoms with E-state index in [1.807, 2.05) is 17.7 Å². The number of unbranched alkanes of at least 4 members (excludes halogenated alkanes) is 2. The van der Waals surface area contributed by atoms with Crippen LogP contribution in [0.3, 0.4) is 0 Å². The van der Waals surface area contributed by atoms with Crippen LogP contribution in [0.1, 0.15) is 76.1 Å². The molecule has 316 valence electrons. The smallest absolute Gasteiger partial charge is 0.420 e. The van der Waals surface area contributed by atoms with Crippen LogP contribution in [0.25, 0.3) is 11.0 Å². The number of carbonyl (C=O) groups excluding carboxylic acids is 6. The predicted octanol–water partition coefficient (Wildman–Crippen LogP) is 6.27. The van der Waals surface area contributed by atoms with Crippen LogP contribution >= 0.6 is 0 Å². The lowest BCUT2D eigenvalue weighted by atomic mass is 9.96. The monoisotopic (exact) mass is 825 g/mol. The van der Waals surface area contributed by atoms with E-state index in [-0.39, 0.29) is 54.7 Å². The third-order valence-corrected chi connectivity index (χ3v) is 10.7. The molecule has 1 aliphatic heterocycles. The number of hydrogen-bond donors (Lipinski definition) is 3. The molecule has 0 spiro atoms. The summed E-state index contributed by atoms with van der Waals surface area (Å²) in [6.45, 7) is 5.15. The molecular weight excluding hydrogens is 777 g/mol. The average molecular weight is 826 g/mol. The van der Waals surface area contributed by atoms with Crippen molar-refractivity contribution in [3.05, 3.63) is 95.2 Å². The number of ether oxygens (including phenoxy) is 1. The van der Waals surface area contributed by atoms with Crippen molar-refractivity contribution in [3.63, 3.8) is 0 Å². The Bertz CT molecular complexity index is 2310. The van der Waals surface area contributed by atoms with E-state index in [2.05, 4.69) is 16.0 Å². The predicted molar refractivity (Wildman–Crippen MR) is 220 cm³/mol. The van der Waals surface area contributed by atoms with E-state index in [4.69, 9.17) is 9.72 Å². The number of amides is 6. The topological polar surface area (TPSA) is 172 Å². The van der Waals surface area contributed by atoms with Crippen molar-refractivity contribution in [3.8, 4) is 0 Å². The number of pyridine rings is 1. The SMILES string of the molecule is CC(C)[C@H](NC(=O)CCCCCN1C(=O)C=CC1=O)C(=O)N[C@@H](C)C(=O)Nc1ccc(COC(=O)N(c2ccc(F)c(F)c2)c2ccc3c4c(n(C)c3n2)CCCC4)cc1. The highest BCUT2D eigenvalue weighted by molar-refractivity contribution is 6.12. The van der Waals surface area contributed by atoms with Gasteiger partial charge >= 0.3 is 6.09 Å². The van der Waals surface area contributed by atoms with Crippen molar-refractivity contribution in [2.45, 2.75) is 90.8 Å². The first-order chi connectivity index (χ1) is 28.7. The average Bonchev–Trinajstić information content (AvgIpc) is 3.70.